The molecule has 0 saturated heterocycles. The molecule has 4 aromatic rings. The van der Waals surface area contributed by atoms with E-state index in [-0.39, 0.29) is 0 Å². The number of aromatic nitrogens is 4. The van der Waals surface area contributed by atoms with Crippen molar-refractivity contribution in [3.05, 3.63) is 48.3 Å². The Labute approximate surface area is 136 Å². The lowest BCUT2D eigenvalue weighted by molar-refractivity contribution is 0.194. The van der Waals surface area contributed by atoms with Gasteiger partial charge in [0.1, 0.15) is 5.69 Å². The van der Waals surface area contributed by atoms with Gasteiger partial charge in [-0.25, -0.2) is 4.79 Å². The highest BCUT2D eigenvalue weighted by atomic mass is 16.4. The number of fused-ring (bicyclic) bond motifs is 2. The van der Waals surface area contributed by atoms with E-state index in [0.717, 1.165) is 15.5 Å². The highest BCUT2D eigenvalue weighted by Gasteiger charge is 2.20. The van der Waals surface area contributed by atoms with Crippen LogP contribution >= 0.6 is 0 Å². The van der Waals surface area contributed by atoms with Gasteiger partial charge in [-0.1, -0.05) is 24.3 Å². The molecule has 0 bridgehead atoms. The predicted molar refractivity (Wildman–Crippen MR) is 90.8 cm³/mol. The molecule has 0 aliphatic carbocycles. The number of carbonyl (C=O) groups is 1. The third-order valence-corrected chi connectivity index (χ3v) is 4.04. The van der Waals surface area contributed by atoms with Gasteiger partial charge >= 0.3 is 6.09 Å². The fourth-order valence-corrected chi connectivity index (χ4v) is 3.02. The van der Waals surface area contributed by atoms with Gasteiger partial charge in [0.05, 0.1) is 17.4 Å². The zero-order valence-electron chi connectivity index (χ0n) is 12.8. The van der Waals surface area contributed by atoms with E-state index >= 15 is 0 Å². The zero-order valence-corrected chi connectivity index (χ0v) is 12.8. The highest BCUT2D eigenvalue weighted by molar-refractivity contribution is 6.09. The van der Waals surface area contributed by atoms with Crippen molar-refractivity contribution in [1.29, 1.82) is 0 Å². The maximum Gasteiger partial charge on any atom is 0.432 e. The predicted octanol–water partition coefficient (Wildman–Crippen LogP) is 3.06. The molecular formula is C17H13N5O2. The summed E-state index contributed by atoms with van der Waals surface area (Å²) < 4.78 is 0.951. The minimum Gasteiger partial charge on any atom is -0.463 e. The van der Waals surface area contributed by atoms with Crippen LogP contribution in [0.15, 0.2) is 42.6 Å². The smallest absolute Gasteiger partial charge is 0.432 e. The lowest BCUT2D eigenvalue weighted by Gasteiger charge is -2.10. The molecule has 7 heteroatoms. The number of aryl methyl sites for hydroxylation is 1. The minimum atomic E-state index is -1.15. The van der Waals surface area contributed by atoms with Crippen molar-refractivity contribution in [1.82, 2.24) is 20.0 Å². The molecule has 118 valence electrons. The Kier molecular flexibility index (Phi) is 2.96. The summed E-state index contributed by atoms with van der Waals surface area (Å²) in [4.78, 5) is 11.4. The summed E-state index contributed by atoms with van der Waals surface area (Å²) in [6.45, 7) is 1.75. The van der Waals surface area contributed by atoms with Crippen molar-refractivity contribution in [3.63, 3.8) is 0 Å². The van der Waals surface area contributed by atoms with E-state index in [1.807, 2.05) is 24.3 Å². The Balaban J connectivity index is 2.17. The van der Waals surface area contributed by atoms with Crippen LogP contribution in [0.5, 0.6) is 0 Å². The average Bonchev–Trinajstić information content (AvgIpc) is 2.92. The molecule has 0 fully saturated rings. The van der Waals surface area contributed by atoms with Gasteiger partial charge < -0.3 is 10.8 Å². The molecule has 3 N–H and O–H groups in total. The van der Waals surface area contributed by atoms with Gasteiger partial charge in [-0.3, -0.25) is 0 Å². The van der Waals surface area contributed by atoms with Crippen molar-refractivity contribution in [3.8, 4) is 11.3 Å². The number of nitrogens with zero attached hydrogens (tertiary/aromatic N) is 4. The summed E-state index contributed by atoms with van der Waals surface area (Å²) in [5, 5.41) is 24.3. The summed E-state index contributed by atoms with van der Waals surface area (Å²) in [5.41, 5.74) is 9.03. The number of carboxylic acid groups (broad SMARTS) is 1. The quantitative estimate of drug-likeness (QED) is 0.522. The first-order valence-corrected chi connectivity index (χ1v) is 7.30. The van der Waals surface area contributed by atoms with Crippen LogP contribution < -0.4 is 5.73 Å². The zero-order chi connectivity index (χ0) is 16.8. The standard InChI is InChI=1S/C17H13N5O2/c1-9-14-13(22(21-9)17(23)24)7-6-12(18)15(14)16-11-5-3-2-4-10(11)8-19-20-16/h2-8H,18H2,1H3,(H,23,24). The van der Waals surface area contributed by atoms with Crippen LogP contribution in [0, 0.1) is 6.92 Å². The maximum absolute atomic E-state index is 11.4. The second-order valence-electron chi connectivity index (χ2n) is 5.48. The van der Waals surface area contributed by atoms with Crippen molar-refractivity contribution in [2.24, 2.45) is 0 Å². The van der Waals surface area contributed by atoms with Crippen molar-refractivity contribution < 1.29 is 9.90 Å². The third kappa shape index (κ3) is 1.91. The number of hydrogen-bond donors (Lipinski definition) is 2. The summed E-state index contributed by atoms with van der Waals surface area (Å²) >= 11 is 0. The fourth-order valence-electron chi connectivity index (χ4n) is 3.02. The van der Waals surface area contributed by atoms with Crippen molar-refractivity contribution in [2.75, 3.05) is 5.73 Å². The van der Waals surface area contributed by atoms with Crippen LogP contribution in [0.3, 0.4) is 0 Å². The first kappa shape index (κ1) is 14.1. The Hall–Kier alpha value is -3.48. The van der Waals surface area contributed by atoms with Gasteiger partial charge in [-0.05, 0) is 19.1 Å². The lowest BCUT2D eigenvalue weighted by Crippen LogP contribution is -2.09. The Morgan fingerprint density at radius 2 is 2.00 bits per heavy atom. The molecular weight excluding hydrogens is 306 g/mol. The first-order chi connectivity index (χ1) is 11.6. The lowest BCUT2D eigenvalue weighted by atomic mass is 9.99. The monoisotopic (exact) mass is 319 g/mol. The Bertz CT molecular complexity index is 1110. The van der Waals surface area contributed by atoms with Crippen LogP contribution in [0.4, 0.5) is 10.5 Å². The maximum atomic E-state index is 11.4. The first-order valence-electron chi connectivity index (χ1n) is 7.30. The second-order valence-corrected chi connectivity index (χ2v) is 5.48. The van der Waals surface area contributed by atoms with E-state index in [0.29, 0.717) is 33.5 Å². The van der Waals surface area contributed by atoms with Crippen LogP contribution in [-0.2, 0) is 0 Å². The molecule has 24 heavy (non-hydrogen) atoms. The number of benzene rings is 2. The molecule has 0 spiro atoms. The molecule has 0 aliphatic heterocycles. The van der Waals surface area contributed by atoms with Gasteiger partial charge in [0, 0.05) is 27.4 Å². The van der Waals surface area contributed by atoms with E-state index in [9.17, 15) is 9.90 Å². The topological polar surface area (TPSA) is 107 Å². The highest BCUT2D eigenvalue weighted by Crippen LogP contribution is 2.37. The number of rotatable bonds is 1. The third-order valence-electron chi connectivity index (χ3n) is 4.04. The van der Waals surface area contributed by atoms with Crippen molar-refractivity contribution in [2.45, 2.75) is 6.92 Å². The van der Waals surface area contributed by atoms with Gasteiger partial charge in [0.15, 0.2) is 0 Å². The van der Waals surface area contributed by atoms with Crippen LogP contribution in [-0.4, -0.2) is 31.2 Å². The van der Waals surface area contributed by atoms with Gasteiger partial charge in [-0.2, -0.15) is 14.9 Å². The summed E-state index contributed by atoms with van der Waals surface area (Å²) in [7, 11) is 0. The van der Waals surface area contributed by atoms with E-state index < -0.39 is 6.09 Å². The molecule has 0 unspecified atom stereocenters. The van der Waals surface area contributed by atoms with Crippen LogP contribution in [0.25, 0.3) is 32.9 Å². The van der Waals surface area contributed by atoms with Crippen LogP contribution in [0.1, 0.15) is 5.69 Å². The van der Waals surface area contributed by atoms with E-state index in [4.69, 9.17) is 5.73 Å². The molecule has 2 heterocycles. The summed E-state index contributed by atoms with van der Waals surface area (Å²) in [6, 6.07) is 11.0. The van der Waals surface area contributed by atoms with Crippen LogP contribution in [0.2, 0.25) is 0 Å². The molecule has 7 nitrogen and oxygen atoms in total. The number of nitrogen functional groups attached to an aromatic ring is 1. The molecule has 4 rings (SSSR count). The fraction of sp³-hybridized carbons (Fsp3) is 0.0588. The number of anilines is 1. The van der Waals surface area contributed by atoms with E-state index in [1.54, 1.807) is 25.3 Å². The van der Waals surface area contributed by atoms with Crippen molar-refractivity contribution >= 4 is 33.5 Å². The van der Waals surface area contributed by atoms with Gasteiger partial charge in [0.2, 0.25) is 0 Å². The number of hydrogen-bond acceptors (Lipinski definition) is 5. The molecule has 0 atom stereocenters. The average molecular weight is 319 g/mol. The Morgan fingerprint density at radius 1 is 1.21 bits per heavy atom. The van der Waals surface area contributed by atoms with Gasteiger partial charge in [0.25, 0.3) is 0 Å². The molecule has 2 aromatic carbocycles. The summed E-state index contributed by atoms with van der Waals surface area (Å²) in [5.74, 6) is 0. The van der Waals surface area contributed by atoms with Gasteiger partial charge in [-0.15, -0.1) is 5.10 Å². The van der Waals surface area contributed by atoms with E-state index in [1.165, 1.54) is 0 Å². The molecule has 2 aromatic heterocycles. The largest absolute Gasteiger partial charge is 0.463 e. The normalized spacial score (nSPS) is 11.2. The SMILES string of the molecule is Cc1nn(C(=O)O)c2ccc(N)c(-c3nncc4ccccc34)c12. The molecule has 0 saturated carbocycles. The molecule has 0 radical (unpaired) electrons. The Morgan fingerprint density at radius 3 is 2.79 bits per heavy atom. The summed E-state index contributed by atoms with van der Waals surface area (Å²) in [6.07, 6.45) is 0.538. The van der Waals surface area contributed by atoms with E-state index in [2.05, 4.69) is 15.3 Å². The molecule has 0 amide bonds. The molecule has 0 aliphatic rings. The number of nitrogens with two attached hydrogens (primary N) is 1. The second kappa shape index (κ2) is 5.02. The minimum absolute atomic E-state index is 0.471.